The molecule has 1 N–H and O–H groups in total. The molecule has 0 aromatic carbocycles. The molecule has 1 saturated carbocycles. The number of carboxylic acid groups (broad SMARTS) is 1. The summed E-state index contributed by atoms with van der Waals surface area (Å²) in [5.41, 5.74) is 0.153. The summed E-state index contributed by atoms with van der Waals surface area (Å²) in [5, 5.41) is 9.17. The maximum atomic E-state index is 14.1. The molecule has 2 amide bonds. The number of hydrogen-bond donors (Lipinski definition) is 1. The van der Waals surface area contributed by atoms with E-state index in [9.17, 15) is 23.5 Å². The van der Waals surface area contributed by atoms with Gasteiger partial charge in [0.05, 0.1) is 12.6 Å². The monoisotopic (exact) mass is 414 g/mol. The number of alkyl halides is 2. The lowest BCUT2D eigenvalue weighted by Gasteiger charge is -2.52. The van der Waals surface area contributed by atoms with E-state index < -0.39 is 18.1 Å². The third-order valence-electron chi connectivity index (χ3n) is 7.56. The molecule has 0 unspecified atom stereocenters. The lowest BCUT2D eigenvalue weighted by molar-refractivity contribution is -0.134. The first-order valence-corrected chi connectivity index (χ1v) is 10.7. The van der Waals surface area contributed by atoms with Crippen LogP contribution in [0, 0.1) is 5.41 Å². The average molecular weight is 414 g/mol. The maximum absolute atomic E-state index is 14.1. The molecule has 4 fully saturated rings. The fourth-order valence-electron chi connectivity index (χ4n) is 5.97. The standard InChI is InChI=1S/C20H32F2N4O3/c1-23(2)17(27)16-11-20(21,22)13-26(16)14-3-6-24(7-4-14)15-9-19(10-15)5-8-25(12-19)18(28)29/h14-16H,3-13H2,1-2H3,(H,28,29)/t15?,16-,19?/m1/s1. The molecular formula is C20H32F2N4O3. The summed E-state index contributed by atoms with van der Waals surface area (Å²) in [4.78, 5) is 30.7. The molecule has 0 radical (unpaired) electrons. The smallest absolute Gasteiger partial charge is 0.407 e. The van der Waals surface area contributed by atoms with Crippen LogP contribution in [0.1, 0.15) is 38.5 Å². The number of carbonyl (C=O) groups is 2. The lowest BCUT2D eigenvalue weighted by Crippen LogP contribution is -2.57. The van der Waals surface area contributed by atoms with Gasteiger partial charge in [0, 0.05) is 45.7 Å². The Labute approximate surface area is 170 Å². The molecule has 7 nitrogen and oxygen atoms in total. The molecule has 3 aliphatic heterocycles. The molecule has 1 atom stereocenters. The van der Waals surface area contributed by atoms with E-state index in [-0.39, 0.29) is 30.3 Å². The Morgan fingerprint density at radius 2 is 1.66 bits per heavy atom. The fraction of sp³-hybridized carbons (Fsp3) is 0.900. The van der Waals surface area contributed by atoms with Crippen LogP contribution < -0.4 is 0 Å². The summed E-state index contributed by atoms with van der Waals surface area (Å²) in [6.07, 6.45) is 3.42. The van der Waals surface area contributed by atoms with Gasteiger partial charge in [-0.1, -0.05) is 0 Å². The number of likely N-dealkylation sites (N-methyl/N-ethyl adjacent to an activating group) is 1. The summed E-state index contributed by atoms with van der Waals surface area (Å²) in [6, 6.07) is -0.218. The van der Waals surface area contributed by atoms with Gasteiger partial charge < -0.3 is 19.8 Å². The second-order valence-corrected chi connectivity index (χ2v) is 9.76. The van der Waals surface area contributed by atoms with Crippen LogP contribution in [0.4, 0.5) is 13.6 Å². The van der Waals surface area contributed by atoms with E-state index in [2.05, 4.69) is 4.90 Å². The van der Waals surface area contributed by atoms with Crippen LogP contribution in [0.2, 0.25) is 0 Å². The van der Waals surface area contributed by atoms with Crippen molar-refractivity contribution in [2.45, 2.75) is 62.6 Å². The number of piperidine rings is 1. The van der Waals surface area contributed by atoms with Gasteiger partial charge in [-0.05, 0) is 50.6 Å². The Bertz CT molecular complexity index is 660. The van der Waals surface area contributed by atoms with E-state index in [0.717, 1.165) is 45.2 Å². The van der Waals surface area contributed by atoms with Gasteiger partial charge >= 0.3 is 6.09 Å². The van der Waals surface area contributed by atoms with Gasteiger partial charge in [0.2, 0.25) is 5.91 Å². The van der Waals surface area contributed by atoms with Crippen molar-refractivity contribution >= 4 is 12.0 Å². The molecule has 4 rings (SSSR count). The first-order valence-electron chi connectivity index (χ1n) is 10.7. The van der Waals surface area contributed by atoms with Crippen LogP contribution in [-0.4, -0.2) is 108 Å². The van der Waals surface area contributed by atoms with Crippen molar-refractivity contribution in [1.29, 1.82) is 0 Å². The first-order chi connectivity index (χ1) is 13.6. The predicted octanol–water partition coefficient (Wildman–Crippen LogP) is 1.78. The summed E-state index contributed by atoms with van der Waals surface area (Å²) in [6.45, 7) is 2.68. The molecule has 0 bridgehead atoms. The molecule has 4 aliphatic rings. The van der Waals surface area contributed by atoms with Gasteiger partial charge in [0.1, 0.15) is 0 Å². The topological polar surface area (TPSA) is 67.3 Å². The highest BCUT2D eigenvalue weighted by atomic mass is 19.3. The van der Waals surface area contributed by atoms with Crippen LogP contribution in [0.3, 0.4) is 0 Å². The molecule has 164 valence electrons. The molecule has 9 heteroatoms. The highest BCUT2D eigenvalue weighted by molar-refractivity contribution is 5.82. The summed E-state index contributed by atoms with van der Waals surface area (Å²) < 4.78 is 28.2. The van der Waals surface area contributed by atoms with Gasteiger partial charge in [0.25, 0.3) is 5.92 Å². The van der Waals surface area contributed by atoms with Gasteiger partial charge in [-0.2, -0.15) is 0 Å². The Morgan fingerprint density at radius 3 is 2.21 bits per heavy atom. The second-order valence-electron chi connectivity index (χ2n) is 9.76. The Balaban J connectivity index is 1.30. The molecular weight excluding hydrogens is 382 g/mol. The molecule has 1 aliphatic carbocycles. The normalized spacial score (nSPS) is 35.8. The number of rotatable bonds is 3. The van der Waals surface area contributed by atoms with Crippen molar-refractivity contribution < 1.29 is 23.5 Å². The lowest BCUT2D eigenvalue weighted by atomic mass is 9.64. The zero-order chi connectivity index (χ0) is 21.0. The number of carbonyl (C=O) groups excluding carboxylic acids is 1. The average Bonchev–Trinajstić information content (AvgIpc) is 3.21. The minimum absolute atomic E-state index is 0.0246. The predicted molar refractivity (Wildman–Crippen MR) is 103 cm³/mol. The summed E-state index contributed by atoms with van der Waals surface area (Å²) in [7, 11) is 3.25. The Morgan fingerprint density at radius 1 is 1.00 bits per heavy atom. The van der Waals surface area contributed by atoms with Crippen molar-refractivity contribution in [3.05, 3.63) is 0 Å². The van der Waals surface area contributed by atoms with Gasteiger partial charge in [-0.25, -0.2) is 13.6 Å². The van der Waals surface area contributed by atoms with Crippen LogP contribution in [0.15, 0.2) is 0 Å². The van der Waals surface area contributed by atoms with E-state index >= 15 is 0 Å². The number of halogens is 2. The third-order valence-corrected chi connectivity index (χ3v) is 7.56. The van der Waals surface area contributed by atoms with Crippen LogP contribution in [0.5, 0.6) is 0 Å². The number of amides is 2. The van der Waals surface area contributed by atoms with E-state index in [1.807, 2.05) is 0 Å². The third kappa shape index (κ3) is 3.95. The molecule has 1 spiro atoms. The molecule has 29 heavy (non-hydrogen) atoms. The van der Waals surface area contributed by atoms with Crippen molar-refractivity contribution in [2.75, 3.05) is 46.8 Å². The van der Waals surface area contributed by atoms with E-state index in [0.29, 0.717) is 19.1 Å². The van der Waals surface area contributed by atoms with E-state index in [4.69, 9.17) is 0 Å². The molecule has 3 heterocycles. The number of hydrogen-bond acceptors (Lipinski definition) is 4. The van der Waals surface area contributed by atoms with Crippen molar-refractivity contribution in [3.8, 4) is 0 Å². The zero-order valence-electron chi connectivity index (χ0n) is 17.3. The second kappa shape index (κ2) is 7.34. The largest absolute Gasteiger partial charge is 0.465 e. The highest BCUT2D eigenvalue weighted by Crippen LogP contribution is 2.50. The van der Waals surface area contributed by atoms with Crippen molar-refractivity contribution in [3.63, 3.8) is 0 Å². The summed E-state index contributed by atoms with van der Waals surface area (Å²) in [5.74, 6) is -3.03. The highest BCUT2D eigenvalue weighted by Gasteiger charge is 2.53. The van der Waals surface area contributed by atoms with E-state index in [1.54, 1.807) is 19.0 Å². The first kappa shape index (κ1) is 20.8. The van der Waals surface area contributed by atoms with Crippen LogP contribution in [0.25, 0.3) is 0 Å². The van der Waals surface area contributed by atoms with Crippen LogP contribution in [-0.2, 0) is 4.79 Å². The minimum atomic E-state index is -2.80. The van der Waals surface area contributed by atoms with Gasteiger partial charge in [-0.15, -0.1) is 0 Å². The summed E-state index contributed by atoms with van der Waals surface area (Å²) >= 11 is 0. The SMILES string of the molecule is CN(C)C(=O)[C@H]1CC(F)(F)CN1C1CCN(C2CC3(CCN(C(=O)O)C3)C2)CC1. The minimum Gasteiger partial charge on any atom is -0.465 e. The van der Waals surface area contributed by atoms with E-state index in [1.165, 1.54) is 9.80 Å². The molecule has 3 saturated heterocycles. The number of nitrogens with zero attached hydrogens (tertiary/aromatic N) is 4. The van der Waals surface area contributed by atoms with Crippen LogP contribution >= 0.6 is 0 Å². The van der Waals surface area contributed by atoms with Gasteiger partial charge in [-0.3, -0.25) is 9.69 Å². The quantitative estimate of drug-likeness (QED) is 0.763. The Kier molecular flexibility index (Phi) is 5.26. The Hall–Kier alpha value is -1.48. The number of likely N-dealkylation sites (tertiary alicyclic amines) is 3. The molecule has 0 aromatic rings. The van der Waals surface area contributed by atoms with Crippen molar-refractivity contribution in [1.82, 2.24) is 19.6 Å². The fourth-order valence-corrected chi connectivity index (χ4v) is 5.97. The maximum Gasteiger partial charge on any atom is 0.407 e. The molecule has 0 aromatic heterocycles. The van der Waals surface area contributed by atoms with Crippen molar-refractivity contribution in [2.24, 2.45) is 5.41 Å². The zero-order valence-corrected chi connectivity index (χ0v) is 17.3. The van der Waals surface area contributed by atoms with Gasteiger partial charge in [0.15, 0.2) is 0 Å².